The zero-order valence-electron chi connectivity index (χ0n) is 18.6. The molecule has 0 fully saturated rings. The molecule has 0 saturated carbocycles. The number of nitrogens with zero attached hydrogens (tertiary/aromatic N) is 2. The molecule has 6 heteroatoms. The number of hydrogen-bond donors (Lipinski definition) is 1. The summed E-state index contributed by atoms with van der Waals surface area (Å²) in [5.41, 5.74) is 4.53. The van der Waals surface area contributed by atoms with Crippen LogP contribution in [0.2, 0.25) is 0 Å². The number of methoxy groups -OCH3 is 1. The molecule has 2 amide bonds. The van der Waals surface area contributed by atoms with Gasteiger partial charge in [0.25, 0.3) is 0 Å². The first kappa shape index (κ1) is 22.6. The summed E-state index contributed by atoms with van der Waals surface area (Å²) >= 11 is 0. The molecule has 2 aromatic carbocycles. The molecule has 0 aliphatic rings. The van der Waals surface area contributed by atoms with Gasteiger partial charge in [0.2, 0.25) is 11.8 Å². The minimum Gasteiger partial charge on any atom is -0.383 e. The quantitative estimate of drug-likeness (QED) is 0.545. The molecule has 0 atom stereocenters. The first-order valence-electron chi connectivity index (χ1n) is 10.6. The van der Waals surface area contributed by atoms with Crippen LogP contribution in [0.25, 0.3) is 10.9 Å². The van der Waals surface area contributed by atoms with Crippen molar-refractivity contribution in [2.45, 2.75) is 26.8 Å². The van der Waals surface area contributed by atoms with Crippen LogP contribution in [0.3, 0.4) is 0 Å². The van der Waals surface area contributed by atoms with Gasteiger partial charge >= 0.3 is 0 Å². The Morgan fingerprint density at radius 3 is 2.45 bits per heavy atom. The van der Waals surface area contributed by atoms with E-state index in [2.05, 4.69) is 41.4 Å². The number of carbonyl (C=O) groups is 2. The highest BCUT2D eigenvalue weighted by Gasteiger charge is 2.20. The summed E-state index contributed by atoms with van der Waals surface area (Å²) in [5, 5.41) is 1.18. The molecule has 0 radical (unpaired) electrons. The summed E-state index contributed by atoms with van der Waals surface area (Å²) in [6.45, 7) is 5.47. The number of H-pyrrole nitrogens is 1. The minimum absolute atomic E-state index is 0.0540. The Balaban J connectivity index is 1.75. The highest BCUT2D eigenvalue weighted by molar-refractivity contribution is 5.84. The van der Waals surface area contributed by atoms with Gasteiger partial charge in [-0.2, -0.15) is 0 Å². The fourth-order valence-corrected chi connectivity index (χ4v) is 3.61. The first-order chi connectivity index (χ1) is 15.0. The van der Waals surface area contributed by atoms with Gasteiger partial charge < -0.3 is 19.5 Å². The number of hydrogen-bond acceptors (Lipinski definition) is 3. The molecule has 0 aliphatic heterocycles. The van der Waals surface area contributed by atoms with Gasteiger partial charge in [0.15, 0.2) is 0 Å². The van der Waals surface area contributed by atoms with E-state index in [9.17, 15) is 9.59 Å². The lowest BCUT2D eigenvalue weighted by Crippen LogP contribution is -2.43. The number of benzene rings is 2. The Bertz CT molecular complexity index is 1010. The average Bonchev–Trinajstić information content (AvgIpc) is 3.18. The van der Waals surface area contributed by atoms with Crippen LogP contribution in [0.5, 0.6) is 0 Å². The van der Waals surface area contributed by atoms with Crippen LogP contribution in [-0.2, 0) is 27.3 Å². The number of ether oxygens (including phenoxy) is 1. The molecule has 3 aromatic rings. The van der Waals surface area contributed by atoms with Gasteiger partial charge in [-0.3, -0.25) is 9.59 Å². The van der Waals surface area contributed by atoms with E-state index in [4.69, 9.17) is 4.74 Å². The summed E-state index contributed by atoms with van der Waals surface area (Å²) in [5.74, 6) is -0.191. The van der Waals surface area contributed by atoms with E-state index in [0.717, 1.165) is 17.5 Å². The maximum Gasteiger partial charge on any atom is 0.242 e. The van der Waals surface area contributed by atoms with Gasteiger partial charge in [-0.1, -0.05) is 48.0 Å². The second-order valence-corrected chi connectivity index (χ2v) is 7.84. The molecule has 1 aromatic heterocycles. The van der Waals surface area contributed by atoms with Crippen LogP contribution >= 0.6 is 0 Å². The van der Waals surface area contributed by atoms with Gasteiger partial charge in [-0.25, -0.2) is 0 Å². The molecule has 164 valence electrons. The van der Waals surface area contributed by atoms with E-state index in [1.54, 1.807) is 12.0 Å². The van der Waals surface area contributed by atoms with Gasteiger partial charge in [-0.05, 0) is 30.5 Å². The zero-order chi connectivity index (χ0) is 22.2. The summed E-state index contributed by atoms with van der Waals surface area (Å²) < 4.78 is 5.09. The Kier molecular flexibility index (Phi) is 7.84. The van der Waals surface area contributed by atoms with Crippen molar-refractivity contribution in [3.05, 3.63) is 71.4 Å². The Hall–Kier alpha value is -3.12. The van der Waals surface area contributed by atoms with Crippen LogP contribution in [0.4, 0.5) is 0 Å². The van der Waals surface area contributed by atoms with Crippen LogP contribution < -0.4 is 0 Å². The van der Waals surface area contributed by atoms with Crippen molar-refractivity contribution in [2.75, 3.05) is 33.4 Å². The molecule has 1 N–H and O–H groups in total. The Morgan fingerprint density at radius 1 is 1.00 bits per heavy atom. The normalized spacial score (nSPS) is 10.9. The van der Waals surface area contributed by atoms with Crippen molar-refractivity contribution in [1.29, 1.82) is 0 Å². The zero-order valence-corrected chi connectivity index (χ0v) is 18.6. The topological polar surface area (TPSA) is 65.6 Å². The number of aromatic nitrogens is 1. The predicted molar refractivity (Wildman–Crippen MR) is 123 cm³/mol. The van der Waals surface area contributed by atoms with E-state index in [-0.39, 0.29) is 18.4 Å². The number of amides is 2. The van der Waals surface area contributed by atoms with E-state index in [1.165, 1.54) is 23.4 Å². The highest BCUT2D eigenvalue weighted by Crippen LogP contribution is 2.19. The van der Waals surface area contributed by atoms with Crippen LogP contribution in [0.15, 0.2) is 54.7 Å². The van der Waals surface area contributed by atoms with Crippen LogP contribution in [-0.4, -0.2) is 59.9 Å². The standard InChI is InChI=1S/C25H31N3O3/c1-19-8-10-21(11-9-19)17-28(25(30)18-27(20(2)29)14-15-31-3)13-12-22-16-26-24-7-5-4-6-23(22)24/h4-11,16,26H,12-15,17-18H2,1-3H3. The number of carbonyl (C=O) groups excluding carboxylic acids is 2. The third kappa shape index (κ3) is 6.18. The van der Waals surface area contributed by atoms with Gasteiger partial charge in [0.05, 0.1) is 13.2 Å². The molecule has 0 bridgehead atoms. The van der Waals surface area contributed by atoms with Crippen LogP contribution in [0, 0.1) is 6.92 Å². The van der Waals surface area contributed by atoms with Crippen molar-refractivity contribution >= 4 is 22.7 Å². The molecular weight excluding hydrogens is 390 g/mol. The molecule has 0 aliphatic carbocycles. The monoisotopic (exact) mass is 421 g/mol. The molecule has 3 rings (SSSR count). The average molecular weight is 422 g/mol. The second-order valence-electron chi connectivity index (χ2n) is 7.84. The van der Waals surface area contributed by atoms with E-state index < -0.39 is 0 Å². The van der Waals surface area contributed by atoms with E-state index >= 15 is 0 Å². The summed E-state index contributed by atoms with van der Waals surface area (Å²) in [7, 11) is 1.59. The molecule has 31 heavy (non-hydrogen) atoms. The van der Waals surface area contributed by atoms with Crippen molar-refractivity contribution in [1.82, 2.24) is 14.8 Å². The largest absolute Gasteiger partial charge is 0.383 e. The molecule has 0 unspecified atom stereocenters. The van der Waals surface area contributed by atoms with Gasteiger partial charge in [0, 0.05) is 50.8 Å². The minimum atomic E-state index is -0.127. The van der Waals surface area contributed by atoms with Crippen molar-refractivity contribution in [2.24, 2.45) is 0 Å². The number of fused-ring (bicyclic) bond motifs is 1. The fourth-order valence-electron chi connectivity index (χ4n) is 3.61. The molecule has 6 nitrogen and oxygen atoms in total. The fraction of sp³-hybridized carbons (Fsp3) is 0.360. The van der Waals surface area contributed by atoms with Crippen LogP contribution in [0.1, 0.15) is 23.6 Å². The third-order valence-electron chi connectivity index (χ3n) is 5.51. The lowest BCUT2D eigenvalue weighted by molar-refractivity contribution is -0.140. The highest BCUT2D eigenvalue weighted by atomic mass is 16.5. The molecule has 0 saturated heterocycles. The molecule has 1 heterocycles. The molecular formula is C25H31N3O3. The maximum absolute atomic E-state index is 13.2. The van der Waals surface area contributed by atoms with Crippen molar-refractivity contribution in [3.63, 3.8) is 0 Å². The van der Waals surface area contributed by atoms with Crippen molar-refractivity contribution in [3.8, 4) is 0 Å². The summed E-state index contributed by atoms with van der Waals surface area (Å²) in [4.78, 5) is 31.9. The Labute approximate surface area is 183 Å². The summed E-state index contributed by atoms with van der Waals surface area (Å²) in [6.07, 6.45) is 2.75. The first-order valence-corrected chi connectivity index (χ1v) is 10.6. The SMILES string of the molecule is COCCN(CC(=O)N(CCc1c[nH]c2ccccc12)Cc1ccc(C)cc1)C(C)=O. The number of nitrogens with one attached hydrogen (secondary N) is 1. The number of para-hydroxylation sites is 1. The second kappa shape index (κ2) is 10.8. The predicted octanol–water partition coefficient (Wildman–Crippen LogP) is 3.54. The Morgan fingerprint density at radius 2 is 1.74 bits per heavy atom. The number of aromatic amines is 1. The maximum atomic E-state index is 13.2. The van der Waals surface area contributed by atoms with E-state index in [1.807, 2.05) is 30.2 Å². The lowest BCUT2D eigenvalue weighted by Gasteiger charge is -2.27. The third-order valence-corrected chi connectivity index (χ3v) is 5.51. The van der Waals surface area contributed by atoms with Gasteiger partial charge in [-0.15, -0.1) is 0 Å². The number of aryl methyl sites for hydroxylation is 1. The lowest BCUT2D eigenvalue weighted by atomic mass is 10.1. The number of rotatable bonds is 10. The van der Waals surface area contributed by atoms with E-state index in [0.29, 0.717) is 26.2 Å². The van der Waals surface area contributed by atoms with Crippen molar-refractivity contribution < 1.29 is 14.3 Å². The summed E-state index contributed by atoms with van der Waals surface area (Å²) in [6, 6.07) is 16.4. The van der Waals surface area contributed by atoms with Gasteiger partial charge in [0.1, 0.15) is 0 Å². The molecule has 0 spiro atoms. The smallest absolute Gasteiger partial charge is 0.242 e.